The fourth-order valence-corrected chi connectivity index (χ4v) is 12.4. The summed E-state index contributed by atoms with van der Waals surface area (Å²) < 4.78 is 25.5. The summed E-state index contributed by atoms with van der Waals surface area (Å²) in [4.78, 5) is 20.9. The predicted octanol–water partition coefficient (Wildman–Crippen LogP) is 20.5. The number of pyridine rings is 2. The van der Waals surface area contributed by atoms with Gasteiger partial charge >= 0.3 is 0 Å². The Balaban J connectivity index is 0.993. The molecule has 0 unspecified atom stereocenters. The second-order valence-corrected chi connectivity index (χ2v) is 23.5. The van der Waals surface area contributed by atoms with Crippen molar-refractivity contribution in [1.82, 2.24) is 29.1 Å². The number of para-hydroxylation sites is 4. The molecule has 0 aliphatic carbocycles. The minimum absolute atomic E-state index is 0.168. The lowest BCUT2D eigenvalue weighted by atomic mass is 9.88. The van der Waals surface area contributed by atoms with Gasteiger partial charge in [0.1, 0.15) is 28.7 Å². The Bertz CT molecular complexity index is 4800. The Morgan fingerprint density at radius 3 is 1.39 bits per heavy atom. The molecule has 0 bridgehead atoms. The van der Waals surface area contributed by atoms with Gasteiger partial charge in [-0.05, 0) is 167 Å². The number of aromatic nitrogens is 6. The van der Waals surface area contributed by atoms with Crippen LogP contribution in [-0.2, 0) is 0 Å². The summed E-state index contributed by atoms with van der Waals surface area (Å²) in [6, 6.07) is 64.5. The average molecular weight is 1090 g/mol. The van der Waals surface area contributed by atoms with E-state index in [0.29, 0.717) is 34.1 Å². The van der Waals surface area contributed by atoms with E-state index in [1.807, 2.05) is 19.9 Å². The van der Waals surface area contributed by atoms with Crippen molar-refractivity contribution in [3.05, 3.63) is 216 Å². The Labute approximate surface area is 482 Å². The summed E-state index contributed by atoms with van der Waals surface area (Å²) >= 11 is 0. The van der Waals surface area contributed by atoms with E-state index in [9.17, 15) is 0 Å². The molecule has 0 fully saturated rings. The van der Waals surface area contributed by atoms with Gasteiger partial charge in [-0.15, -0.1) is 0 Å². The van der Waals surface area contributed by atoms with Crippen molar-refractivity contribution in [3.63, 3.8) is 0 Å². The van der Waals surface area contributed by atoms with E-state index in [1.54, 1.807) is 0 Å². The van der Waals surface area contributed by atoms with Crippen LogP contribution in [0.25, 0.3) is 123 Å². The van der Waals surface area contributed by atoms with E-state index in [4.69, 9.17) is 33.5 Å². The standard InChI is InChI=1S/C74H64N6O3/c1-41(2)54-34-50(47-22-13-11-14-23-47)35-55(42(3)4)67(54)79-65-30-19-17-28-63(65)76-71(79)49-26-21-27-52(33-49)81-53-38-59-61-40-60-58-32-45(9)75-46(10)69(58)82-73(60)78-74(61)83-70(59)62(39-53)72-77-64-29-18-20-31-66(64)80(72)68-56(43(5)6)36-51(37-57(68)44(7)8)48-24-15-12-16-25-48/h11-44H,1-10H3. The molecule has 0 radical (unpaired) electrons. The van der Waals surface area contributed by atoms with Crippen molar-refractivity contribution in [2.45, 2.75) is 92.9 Å². The molecule has 0 amide bonds. The molecule has 0 saturated heterocycles. The van der Waals surface area contributed by atoms with Crippen molar-refractivity contribution >= 4 is 66.2 Å². The van der Waals surface area contributed by atoms with Gasteiger partial charge in [0.15, 0.2) is 5.58 Å². The molecule has 6 heterocycles. The summed E-state index contributed by atoms with van der Waals surface area (Å²) in [5, 5.41) is 3.51. The van der Waals surface area contributed by atoms with Crippen molar-refractivity contribution in [3.8, 4) is 67.9 Å². The molecule has 0 aliphatic heterocycles. The smallest absolute Gasteiger partial charge is 0.230 e. The second kappa shape index (κ2) is 20.1. The highest BCUT2D eigenvalue weighted by Gasteiger charge is 2.29. The Hall–Kier alpha value is -9.60. The highest BCUT2D eigenvalue weighted by Crippen LogP contribution is 2.47. The van der Waals surface area contributed by atoms with E-state index in [2.05, 4.69) is 240 Å². The number of furan rings is 2. The number of aryl methyl sites for hydroxylation is 2. The number of hydrogen-bond donors (Lipinski definition) is 0. The first kappa shape index (κ1) is 51.5. The van der Waals surface area contributed by atoms with E-state index >= 15 is 0 Å². The molecule has 14 aromatic rings. The molecule has 0 N–H and O–H groups in total. The summed E-state index contributed by atoms with van der Waals surface area (Å²) in [6.07, 6.45) is 0. The van der Waals surface area contributed by atoms with Crippen LogP contribution < -0.4 is 4.74 Å². The lowest BCUT2D eigenvalue weighted by Gasteiger charge is -2.24. The van der Waals surface area contributed by atoms with Gasteiger partial charge in [0.05, 0.1) is 44.7 Å². The summed E-state index contributed by atoms with van der Waals surface area (Å²) in [5.41, 5.74) is 21.5. The van der Waals surface area contributed by atoms with Crippen molar-refractivity contribution < 1.29 is 13.6 Å². The highest BCUT2D eigenvalue weighted by atomic mass is 16.5. The first-order chi connectivity index (χ1) is 40.3. The first-order valence-electron chi connectivity index (χ1n) is 29.0. The van der Waals surface area contributed by atoms with Crippen molar-refractivity contribution in [2.24, 2.45) is 0 Å². The molecule has 0 atom stereocenters. The lowest BCUT2D eigenvalue weighted by Crippen LogP contribution is -2.09. The molecule has 83 heavy (non-hydrogen) atoms. The predicted molar refractivity (Wildman–Crippen MR) is 340 cm³/mol. The molecule has 9 nitrogen and oxygen atoms in total. The third-order valence-electron chi connectivity index (χ3n) is 16.4. The monoisotopic (exact) mass is 1080 g/mol. The molecule has 0 aliphatic rings. The van der Waals surface area contributed by atoms with Crippen LogP contribution in [0.4, 0.5) is 0 Å². The van der Waals surface area contributed by atoms with Gasteiger partial charge in [-0.2, -0.15) is 4.98 Å². The average Bonchev–Trinajstić information content (AvgIpc) is 2.55. The molecule has 408 valence electrons. The second-order valence-electron chi connectivity index (χ2n) is 23.5. The van der Waals surface area contributed by atoms with Crippen LogP contribution in [0.15, 0.2) is 191 Å². The molecule has 14 rings (SSSR count). The van der Waals surface area contributed by atoms with Crippen LogP contribution in [-0.4, -0.2) is 29.1 Å². The SMILES string of the molecule is Cc1cc2c(oc3nc4oc5c(-c6nc7ccccc7n6-c6c(C(C)C)cc(-c7ccccc7)cc6C(C)C)cc(Oc6cccc(-c7nc8ccccc8n7-c7c(C(C)C)cc(-c8ccccc8)cc7C(C)C)c6)cc5c4cc32)c(C)n1. The Kier molecular flexibility index (Phi) is 12.5. The van der Waals surface area contributed by atoms with E-state index in [0.717, 1.165) is 83.5 Å². The largest absolute Gasteiger partial charge is 0.457 e. The van der Waals surface area contributed by atoms with Crippen molar-refractivity contribution in [1.29, 1.82) is 0 Å². The number of rotatable bonds is 12. The van der Waals surface area contributed by atoms with Gasteiger partial charge in [0.2, 0.25) is 11.4 Å². The summed E-state index contributed by atoms with van der Waals surface area (Å²) in [5.74, 6) is 3.60. The normalized spacial score (nSPS) is 12.2. The van der Waals surface area contributed by atoms with Gasteiger partial charge in [-0.25, -0.2) is 9.97 Å². The van der Waals surface area contributed by atoms with Crippen LogP contribution in [0.5, 0.6) is 11.5 Å². The third-order valence-corrected chi connectivity index (χ3v) is 16.4. The highest BCUT2D eigenvalue weighted by molar-refractivity contribution is 6.15. The lowest BCUT2D eigenvalue weighted by molar-refractivity contribution is 0.483. The van der Waals surface area contributed by atoms with Crippen LogP contribution in [0.1, 0.15) is 113 Å². The van der Waals surface area contributed by atoms with E-state index in [1.165, 1.54) is 50.2 Å². The maximum atomic E-state index is 7.26. The number of hydrogen-bond acceptors (Lipinski definition) is 7. The minimum Gasteiger partial charge on any atom is -0.457 e. The zero-order valence-electron chi connectivity index (χ0n) is 48.5. The first-order valence-corrected chi connectivity index (χ1v) is 29.0. The summed E-state index contributed by atoms with van der Waals surface area (Å²) in [6.45, 7) is 22.3. The maximum Gasteiger partial charge on any atom is 0.230 e. The minimum atomic E-state index is 0.168. The fourth-order valence-electron chi connectivity index (χ4n) is 12.4. The fraction of sp³-hybridized carbons (Fsp3) is 0.189. The zero-order valence-corrected chi connectivity index (χ0v) is 48.5. The number of nitrogens with zero attached hydrogens (tertiary/aromatic N) is 6. The molecule has 0 saturated carbocycles. The van der Waals surface area contributed by atoms with E-state index < -0.39 is 0 Å². The molecular weight excluding hydrogens is 1020 g/mol. The quantitative estimate of drug-likeness (QED) is 0.120. The zero-order chi connectivity index (χ0) is 56.9. The number of benzene rings is 8. The van der Waals surface area contributed by atoms with Crippen LogP contribution in [0.2, 0.25) is 0 Å². The van der Waals surface area contributed by atoms with Crippen LogP contribution in [0, 0.1) is 13.8 Å². The van der Waals surface area contributed by atoms with Gasteiger partial charge in [0.25, 0.3) is 0 Å². The van der Waals surface area contributed by atoms with Crippen molar-refractivity contribution in [2.75, 3.05) is 0 Å². The van der Waals surface area contributed by atoms with Crippen LogP contribution in [0.3, 0.4) is 0 Å². The van der Waals surface area contributed by atoms with Gasteiger partial charge in [-0.1, -0.05) is 152 Å². The summed E-state index contributed by atoms with van der Waals surface area (Å²) in [7, 11) is 0. The Morgan fingerprint density at radius 2 is 0.843 bits per heavy atom. The molecule has 9 heteroatoms. The number of imidazole rings is 2. The topological polar surface area (TPSA) is 96.9 Å². The number of ether oxygens (including phenoxy) is 1. The molecule has 8 aromatic carbocycles. The van der Waals surface area contributed by atoms with Gasteiger partial charge in [0, 0.05) is 32.8 Å². The van der Waals surface area contributed by atoms with Gasteiger partial charge in [-0.3, -0.25) is 14.1 Å². The molecular formula is C74H64N6O3. The third kappa shape index (κ3) is 8.76. The molecule has 0 spiro atoms. The van der Waals surface area contributed by atoms with Crippen LogP contribution >= 0.6 is 0 Å². The maximum absolute atomic E-state index is 7.26. The molecule has 6 aromatic heterocycles. The van der Waals surface area contributed by atoms with Gasteiger partial charge < -0.3 is 13.6 Å². The number of fused-ring (bicyclic) bond motifs is 8. The van der Waals surface area contributed by atoms with E-state index in [-0.39, 0.29) is 23.7 Å². The Morgan fingerprint density at radius 1 is 0.373 bits per heavy atom.